The maximum Gasteiger partial charge on any atom is 0.259 e. The van der Waals surface area contributed by atoms with Crippen LogP contribution in [-0.2, 0) is 6.61 Å². The number of ether oxygens (including phenoxy) is 1. The number of anilines is 1. The number of carbonyl (C=O) groups is 1. The highest BCUT2D eigenvalue weighted by Crippen LogP contribution is 2.21. The molecule has 1 N–H and O–H groups in total. The Morgan fingerprint density at radius 1 is 1.17 bits per heavy atom. The predicted molar refractivity (Wildman–Crippen MR) is 110 cm³/mol. The lowest BCUT2D eigenvalue weighted by molar-refractivity contribution is 0.102. The number of hydrogen-bond donors (Lipinski definition) is 1. The van der Waals surface area contributed by atoms with E-state index in [9.17, 15) is 4.79 Å². The van der Waals surface area contributed by atoms with Crippen LogP contribution in [0, 0.1) is 18.3 Å². The smallest absolute Gasteiger partial charge is 0.259 e. The van der Waals surface area contributed by atoms with Gasteiger partial charge in [0.25, 0.3) is 5.91 Å². The van der Waals surface area contributed by atoms with Crippen molar-refractivity contribution in [3.8, 4) is 11.8 Å². The quantitative estimate of drug-likeness (QED) is 0.557. The summed E-state index contributed by atoms with van der Waals surface area (Å²) in [6.45, 7) is 2.25. The summed E-state index contributed by atoms with van der Waals surface area (Å²) in [4.78, 5) is 17.3. The highest BCUT2D eigenvalue weighted by atomic mass is 16.5. The van der Waals surface area contributed by atoms with Crippen molar-refractivity contribution in [2.75, 3.05) is 5.32 Å². The number of hydrogen-bond acceptors (Lipinski definition) is 4. The highest BCUT2D eigenvalue weighted by molar-refractivity contribution is 6.06. The third kappa shape index (κ3) is 3.94. The zero-order valence-electron chi connectivity index (χ0n) is 15.8. The van der Waals surface area contributed by atoms with E-state index in [-0.39, 0.29) is 12.5 Å². The van der Waals surface area contributed by atoms with Crippen molar-refractivity contribution in [3.05, 3.63) is 95.4 Å². The molecule has 0 saturated carbocycles. The van der Waals surface area contributed by atoms with Gasteiger partial charge in [0.15, 0.2) is 0 Å². The molecule has 142 valence electrons. The molecule has 0 aliphatic heterocycles. The van der Waals surface area contributed by atoms with E-state index in [1.165, 1.54) is 0 Å². The number of nitrogens with one attached hydrogen (secondary N) is 1. The highest BCUT2D eigenvalue weighted by Gasteiger charge is 2.13. The number of imidazole rings is 1. The zero-order chi connectivity index (χ0) is 20.2. The number of aryl methyl sites for hydroxylation is 1. The number of carbonyl (C=O) groups excluding carboxylic acids is 1. The van der Waals surface area contributed by atoms with Gasteiger partial charge >= 0.3 is 0 Å². The first-order valence-electron chi connectivity index (χ1n) is 9.10. The monoisotopic (exact) mass is 382 g/mol. The second-order valence-electron chi connectivity index (χ2n) is 6.59. The fraction of sp³-hybridized carbons (Fsp3) is 0.0870. The summed E-state index contributed by atoms with van der Waals surface area (Å²) in [5, 5.41) is 11.8. The molecule has 2 heterocycles. The van der Waals surface area contributed by atoms with E-state index in [1.807, 2.05) is 41.9 Å². The summed E-state index contributed by atoms with van der Waals surface area (Å²) in [6.07, 6.45) is 3.86. The number of benzene rings is 2. The Kier molecular flexibility index (Phi) is 4.95. The number of rotatable bonds is 5. The predicted octanol–water partition coefficient (Wildman–Crippen LogP) is 4.35. The maximum absolute atomic E-state index is 12.7. The number of pyridine rings is 1. The Balaban J connectivity index is 1.52. The van der Waals surface area contributed by atoms with Gasteiger partial charge in [-0.25, -0.2) is 4.98 Å². The fourth-order valence-corrected chi connectivity index (χ4v) is 3.07. The first-order valence-corrected chi connectivity index (χ1v) is 9.10. The molecule has 0 aliphatic carbocycles. The average Bonchev–Trinajstić information content (AvgIpc) is 3.17. The first kappa shape index (κ1) is 18.3. The Hall–Kier alpha value is -4.11. The summed E-state index contributed by atoms with van der Waals surface area (Å²) in [7, 11) is 0. The molecule has 4 aromatic rings. The van der Waals surface area contributed by atoms with Crippen molar-refractivity contribution < 1.29 is 9.53 Å². The lowest BCUT2D eigenvalue weighted by Gasteiger charge is -2.11. The van der Waals surface area contributed by atoms with Gasteiger partial charge in [-0.3, -0.25) is 4.79 Å². The summed E-state index contributed by atoms with van der Waals surface area (Å²) >= 11 is 0. The minimum Gasteiger partial charge on any atom is -0.486 e. The molecule has 6 heteroatoms. The third-order valence-corrected chi connectivity index (χ3v) is 4.48. The van der Waals surface area contributed by atoms with Gasteiger partial charge in [0, 0.05) is 18.1 Å². The fourth-order valence-electron chi connectivity index (χ4n) is 3.07. The molecule has 0 spiro atoms. The molecule has 0 saturated heterocycles. The van der Waals surface area contributed by atoms with Crippen LogP contribution in [0.3, 0.4) is 0 Å². The van der Waals surface area contributed by atoms with Crippen molar-refractivity contribution in [2.24, 2.45) is 0 Å². The Labute approximate surface area is 168 Å². The van der Waals surface area contributed by atoms with Crippen LogP contribution in [0.15, 0.2) is 73.1 Å². The minimum atomic E-state index is -0.304. The number of para-hydroxylation sites is 1. The van der Waals surface area contributed by atoms with Gasteiger partial charge in [0.1, 0.15) is 18.0 Å². The molecular weight excluding hydrogens is 364 g/mol. The van der Waals surface area contributed by atoms with Crippen LogP contribution in [0.5, 0.6) is 5.75 Å². The Bertz CT molecular complexity index is 1240. The topological polar surface area (TPSA) is 79.4 Å². The van der Waals surface area contributed by atoms with Crippen molar-refractivity contribution >= 4 is 17.2 Å². The van der Waals surface area contributed by atoms with Crippen LogP contribution < -0.4 is 10.1 Å². The van der Waals surface area contributed by atoms with Crippen molar-refractivity contribution in [1.29, 1.82) is 5.26 Å². The van der Waals surface area contributed by atoms with Crippen LogP contribution in [0.4, 0.5) is 5.69 Å². The molecule has 0 radical (unpaired) electrons. The molecule has 2 aromatic heterocycles. The SMILES string of the molecule is Cc1cccn2cc(COc3ccccc3C(=O)Nc3cccc(C#N)c3)nc12. The van der Waals surface area contributed by atoms with Crippen LogP contribution >= 0.6 is 0 Å². The van der Waals surface area contributed by atoms with E-state index < -0.39 is 0 Å². The third-order valence-electron chi connectivity index (χ3n) is 4.48. The van der Waals surface area contributed by atoms with Crippen LogP contribution in [0.25, 0.3) is 5.65 Å². The van der Waals surface area contributed by atoms with Gasteiger partial charge in [0.05, 0.1) is 22.9 Å². The lowest BCUT2D eigenvalue weighted by Crippen LogP contribution is -2.13. The summed E-state index contributed by atoms with van der Waals surface area (Å²) in [5.41, 5.74) is 4.19. The number of amides is 1. The van der Waals surface area contributed by atoms with Crippen LogP contribution in [-0.4, -0.2) is 15.3 Å². The van der Waals surface area contributed by atoms with Gasteiger partial charge in [-0.1, -0.05) is 24.3 Å². The molecular formula is C23H18N4O2. The molecule has 0 unspecified atom stereocenters. The summed E-state index contributed by atoms with van der Waals surface area (Å²) in [6, 6.07) is 19.9. The van der Waals surface area contributed by atoms with E-state index in [4.69, 9.17) is 10.00 Å². The average molecular weight is 382 g/mol. The van der Waals surface area contributed by atoms with Crippen molar-refractivity contribution in [2.45, 2.75) is 13.5 Å². The van der Waals surface area contributed by atoms with E-state index in [0.29, 0.717) is 22.6 Å². The molecule has 6 nitrogen and oxygen atoms in total. The normalized spacial score (nSPS) is 10.5. The van der Waals surface area contributed by atoms with Gasteiger partial charge in [-0.15, -0.1) is 0 Å². The summed E-state index contributed by atoms with van der Waals surface area (Å²) in [5.74, 6) is 0.164. The van der Waals surface area contributed by atoms with Crippen molar-refractivity contribution in [3.63, 3.8) is 0 Å². The molecule has 0 bridgehead atoms. The van der Waals surface area contributed by atoms with Gasteiger partial charge in [0.2, 0.25) is 0 Å². The van der Waals surface area contributed by atoms with E-state index in [2.05, 4.69) is 16.4 Å². The largest absolute Gasteiger partial charge is 0.486 e. The second-order valence-corrected chi connectivity index (χ2v) is 6.59. The molecule has 0 fully saturated rings. The van der Waals surface area contributed by atoms with Gasteiger partial charge < -0.3 is 14.5 Å². The van der Waals surface area contributed by atoms with Gasteiger partial charge in [-0.2, -0.15) is 5.26 Å². The lowest BCUT2D eigenvalue weighted by atomic mass is 10.1. The van der Waals surface area contributed by atoms with E-state index >= 15 is 0 Å². The standard InChI is InChI=1S/C23H18N4O2/c1-16-6-5-11-27-14-19(25-22(16)27)15-29-21-10-3-2-9-20(21)23(28)26-18-8-4-7-17(12-18)13-24/h2-12,14H,15H2,1H3,(H,26,28). The van der Waals surface area contributed by atoms with E-state index in [0.717, 1.165) is 16.9 Å². The first-order chi connectivity index (χ1) is 14.1. The minimum absolute atomic E-state index is 0.245. The second kappa shape index (κ2) is 7.87. The molecule has 4 rings (SSSR count). The van der Waals surface area contributed by atoms with Gasteiger partial charge in [-0.05, 0) is 48.9 Å². The molecule has 29 heavy (non-hydrogen) atoms. The van der Waals surface area contributed by atoms with Crippen molar-refractivity contribution in [1.82, 2.24) is 9.38 Å². The molecule has 0 atom stereocenters. The van der Waals surface area contributed by atoms with Crippen LogP contribution in [0.2, 0.25) is 0 Å². The summed E-state index contributed by atoms with van der Waals surface area (Å²) < 4.78 is 7.86. The number of fused-ring (bicyclic) bond motifs is 1. The number of aromatic nitrogens is 2. The number of nitriles is 1. The van der Waals surface area contributed by atoms with Crippen LogP contribution in [0.1, 0.15) is 27.2 Å². The van der Waals surface area contributed by atoms with E-state index in [1.54, 1.807) is 42.5 Å². The molecule has 0 aliphatic rings. The number of nitrogens with zero attached hydrogens (tertiary/aromatic N) is 3. The zero-order valence-corrected chi connectivity index (χ0v) is 15.8. The molecule has 1 amide bonds. The molecule has 2 aromatic carbocycles. The Morgan fingerprint density at radius 3 is 2.86 bits per heavy atom. The maximum atomic E-state index is 12.7. The Morgan fingerprint density at radius 2 is 2.03 bits per heavy atom.